The summed E-state index contributed by atoms with van der Waals surface area (Å²) in [7, 11) is 1.93. The highest BCUT2D eigenvalue weighted by Gasteiger charge is 2.11. The molecule has 0 aliphatic heterocycles. The summed E-state index contributed by atoms with van der Waals surface area (Å²) in [5.74, 6) is 0. The summed E-state index contributed by atoms with van der Waals surface area (Å²) in [6, 6.07) is 8.28. The third-order valence-electron chi connectivity index (χ3n) is 2.88. The second-order valence-electron chi connectivity index (χ2n) is 3.99. The lowest BCUT2D eigenvalue weighted by Crippen LogP contribution is -2.01. The van der Waals surface area contributed by atoms with Crippen LogP contribution in [-0.4, -0.2) is 16.8 Å². The Morgan fingerprint density at radius 2 is 1.81 bits per heavy atom. The van der Waals surface area contributed by atoms with Gasteiger partial charge in [0, 0.05) is 7.05 Å². The van der Waals surface area contributed by atoms with Crippen molar-refractivity contribution < 1.29 is 0 Å². The van der Waals surface area contributed by atoms with Gasteiger partial charge in [-0.25, -0.2) is 4.68 Å². The summed E-state index contributed by atoms with van der Waals surface area (Å²) in [5.41, 5.74) is 5.67. The van der Waals surface area contributed by atoms with Gasteiger partial charge in [-0.05, 0) is 32.4 Å². The number of aromatic nitrogens is 2. The number of hydrogen-bond donors (Lipinski definition) is 1. The van der Waals surface area contributed by atoms with Crippen molar-refractivity contribution in [3.8, 4) is 5.69 Å². The van der Waals surface area contributed by atoms with Gasteiger partial charge >= 0.3 is 0 Å². The first kappa shape index (κ1) is 10.7. The molecule has 0 radical (unpaired) electrons. The van der Waals surface area contributed by atoms with E-state index in [-0.39, 0.29) is 0 Å². The number of nitrogens with one attached hydrogen (secondary N) is 1. The fourth-order valence-electron chi connectivity index (χ4n) is 2.04. The zero-order chi connectivity index (χ0) is 11.7. The van der Waals surface area contributed by atoms with Gasteiger partial charge < -0.3 is 5.32 Å². The van der Waals surface area contributed by atoms with Gasteiger partial charge in [0.2, 0.25) is 0 Å². The fraction of sp³-hybridized carbons (Fsp3) is 0.308. The smallest absolute Gasteiger partial charge is 0.0832 e. The molecule has 16 heavy (non-hydrogen) atoms. The van der Waals surface area contributed by atoms with E-state index in [2.05, 4.69) is 36.4 Å². The predicted molar refractivity (Wildman–Crippen MR) is 67.3 cm³/mol. The number of anilines is 1. The lowest BCUT2D eigenvalue weighted by atomic mass is 10.2. The molecule has 0 fully saturated rings. The molecule has 1 aromatic carbocycles. The molecule has 2 aromatic rings. The van der Waals surface area contributed by atoms with Crippen LogP contribution in [-0.2, 0) is 0 Å². The van der Waals surface area contributed by atoms with Gasteiger partial charge in [-0.15, -0.1) is 0 Å². The molecule has 0 aliphatic rings. The van der Waals surface area contributed by atoms with Crippen LogP contribution in [0.2, 0.25) is 0 Å². The van der Waals surface area contributed by atoms with Gasteiger partial charge in [0.05, 0.1) is 22.8 Å². The van der Waals surface area contributed by atoms with Crippen molar-refractivity contribution in [3.63, 3.8) is 0 Å². The Hall–Kier alpha value is -1.77. The lowest BCUT2D eigenvalue weighted by molar-refractivity contribution is 0.827. The van der Waals surface area contributed by atoms with Crippen LogP contribution < -0.4 is 5.32 Å². The fourth-order valence-corrected chi connectivity index (χ4v) is 2.04. The third-order valence-corrected chi connectivity index (χ3v) is 2.88. The minimum absolute atomic E-state index is 1.03. The molecular weight excluding hydrogens is 198 g/mol. The Morgan fingerprint density at radius 3 is 2.38 bits per heavy atom. The molecule has 3 nitrogen and oxygen atoms in total. The minimum atomic E-state index is 1.03. The van der Waals surface area contributed by atoms with E-state index in [4.69, 9.17) is 0 Å². The maximum atomic E-state index is 4.57. The SMILES string of the molecule is CNc1c(C)nn(-c2ccccc2C)c1C. The first-order chi connectivity index (χ1) is 7.65. The van der Waals surface area contributed by atoms with Crippen LogP contribution in [0.3, 0.4) is 0 Å². The van der Waals surface area contributed by atoms with Crippen LogP contribution in [0.5, 0.6) is 0 Å². The van der Waals surface area contributed by atoms with E-state index < -0.39 is 0 Å². The Kier molecular flexibility index (Phi) is 2.69. The van der Waals surface area contributed by atoms with Crippen molar-refractivity contribution in [2.75, 3.05) is 12.4 Å². The highest BCUT2D eigenvalue weighted by Crippen LogP contribution is 2.23. The van der Waals surface area contributed by atoms with Crippen molar-refractivity contribution in [3.05, 3.63) is 41.2 Å². The second kappa shape index (κ2) is 4.00. The van der Waals surface area contributed by atoms with Crippen LogP contribution >= 0.6 is 0 Å². The third kappa shape index (κ3) is 1.58. The van der Waals surface area contributed by atoms with Gasteiger partial charge in [0.1, 0.15) is 0 Å². The molecule has 0 amide bonds. The molecule has 0 saturated heterocycles. The van der Waals surface area contributed by atoms with Crippen LogP contribution in [0.25, 0.3) is 5.69 Å². The van der Waals surface area contributed by atoms with Crippen molar-refractivity contribution in [1.82, 2.24) is 9.78 Å². The highest BCUT2D eigenvalue weighted by molar-refractivity contribution is 5.55. The summed E-state index contributed by atoms with van der Waals surface area (Å²) in [6.07, 6.45) is 0. The van der Waals surface area contributed by atoms with Crippen molar-refractivity contribution in [2.24, 2.45) is 0 Å². The molecule has 3 heteroatoms. The van der Waals surface area contributed by atoms with Crippen LogP contribution in [0.1, 0.15) is 17.0 Å². The van der Waals surface area contributed by atoms with E-state index in [1.165, 1.54) is 5.56 Å². The average molecular weight is 215 g/mol. The molecule has 0 unspecified atom stereocenters. The Morgan fingerprint density at radius 1 is 1.12 bits per heavy atom. The average Bonchev–Trinajstić information content (AvgIpc) is 2.55. The summed E-state index contributed by atoms with van der Waals surface area (Å²) in [6.45, 7) is 6.21. The molecular formula is C13H17N3. The second-order valence-corrected chi connectivity index (χ2v) is 3.99. The van der Waals surface area contributed by atoms with Crippen LogP contribution in [0, 0.1) is 20.8 Å². The van der Waals surface area contributed by atoms with E-state index in [1.54, 1.807) is 0 Å². The van der Waals surface area contributed by atoms with Gasteiger partial charge in [0.25, 0.3) is 0 Å². The number of para-hydroxylation sites is 1. The molecule has 0 saturated carbocycles. The normalized spacial score (nSPS) is 10.5. The van der Waals surface area contributed by atoms with E-state index in [0.29, 0.717) is 0 Å². The van der Waals surface area contributed by atoms with Crippen LogP contribution in [0.15, 0.2) is 24.3 Å². The van der Waals surface area contributed by atoms with Gasteiger partial charge in [-0.3, -0.25) is 0 Å². The molecule has 0 aliphatic carbocycles. The highest BCUT2D eigenvalue weighted by atomic mass is 15.3. The molecule has 0 bridgehead atoms. The number of hydrogen-bond acceptors (Lipinski definition) is 2. The summed E-state index contributed by atoms with van der Waals surface area (Å²) in [5, 5.41) is 7.76. The van der Waals surface area contributed by atoms with Gasteiger partial charge in [0.15, 0.2) is 0 Å². The van der Waals surface area contributed by atoms with E-state index in [0.717, 1.165) is 22.8 Å². The molecule has 1 heterocycles. The minimum Gasteiger partial charge on any atom is -0.385 e. The number of rotatable bonds is 2. The maximum absolute atomic E-state index is 4.57. The number of benzene rings is 1. The molecule has 2 rings (SSSR count). The van der Waals surface area contributed by atoms with Crippen molar-refractivity contribution >= 4 is 5.69 Å². The van der Waals surface area contributed by atoms with E-state index in [9.17, 15) is 0 Å². The maximum Gasteiger partial charge on any atom is 0.0832 e. The van der Waals surface area contributed by atoms with E-state index in [1.807, 2.05) is 30.8 Å². The monoisotopic (exact) mass is 215 g/mol. The first-order valence-corrected chi connectivity index (χ1v) is 5.45. The Bertz CT molecular complexity index is 512. The summed E-state index contributed by atoms with van der Waals surface area (Å²) in [4.78, 5) is 0. The van der Waals surface area contributed by atoms with E-state index >= 15 is 0 Å². The Labute approximate surface area is 96.1 Å². The largest absolute Gasteiger partial charge is 0.385 e. The predicted octanol–water partition coefficient (Wildman–Crippen LogP) is 2.84. The molecule has 1 aromatic heterocycles. The van der Waals surface area contributed by atoms with Gasteiger partial charge in [-0.1, -0.05) is 18.2 Å². The first-order valence-electron chi connectivity index (χ1n) is 5.45. The lowest BCUT2D eigenvalue weighted by Gasteiger charge is -2.08. The molecule has 1 N–H and O–H groups in total. The summed E-state index contributed by atoms with van der Waals surface area (Å²) < 4.78 is 2.00. The van der Waals surface area contributed by atoms with Crippen LogP contribution in [0.4, 0.5) is 5.69 Å². The van der Waals surface area contributed by atoms with Crippen molar-refractivity contribution in [1.29, 1.82) is 0 Å². The standard InChI is InChI=1S/C13H17N3/c1-9-7-5-6-8-12(9)16-11(3)13(14-4)10(2)15-16/h5-8,14H,1-4H3. The molecule has 0 atom stereocenters. The quantitative estimate of drug-likeness (QED) is 0.834. The number of aryl methyl sites for hydroxylation is 2. The zero-order valence-electron chi connectivity index (χ0n) is 10.2. The van der Waals surface area contributed by atoms with Gasteiger partial charge in [-0.2, -0.15) is 5.10 Å². The Balaban J connectivity index is 2.62. The summed E-state index contributed by atoms with van der Waals surface area (Å²) >= 11 is 0. The molecule has 0 spiro atoms. The zero-order valence-corrected chi connectivity index (χ0v) is 10.2. The number of nitrogens with zero attached hydrogens (tertiary/aromatic N) is 2. The van der Waals surface area contributed by atoms with Crippen molar-refractivity contribution in [2.45, 2.75) is 20.8 Å². The topological polar surface area (TPSA) is 29.9 Å². The molecule has 84 valence electrons.